The zero-order chi connectivity index (χ0) is 14.9. The molecule has 0 radical (unpaired) electrons. The smallest absolute Gasteiger partial charge is 0.335 e. The number of hydrogen-bond acceptors (Lipinski definition) is 3. The highest BCUT2D eigenvalue weighted by Crippen LogP contribution is 2.09. The van der Waals surface area contributed by atoms with Crippen LogP contribution in [0.4, 0.5) is 5.69 Å². The van der Waals surface area contributed by atoms with E-state index in [4.69, 9.17) is 0 Å². The van der Waals surface area contributed by atoms with Gasteiger partial charge >= 0.3 is 5.69 Å². The number of nitrogens with zero attached hydrogens (tertiary/aromatic N) is 2. The van der Waals surface area contributed by atoms with Gasteiger partial charge in [-0.1, -0.05) is 18.2 Å². The minimum absolute atomic E-state index is 0.114. The van der Waals surface area contributed by atoms with Crippen LogP contribution in [-0.4, -0.2) is 15.2 Å². The third-order valence-corrected chi connectivity index (χ3v) is 3.21. The first kappa shape index (κ1) is 14.1. The molecule has 0 atom stereocenters. The number of benzene rings is 1. The highest BCUT2D eigenvalue weighted by molar-refractivity contribution is 5.48. The Bertz CT molecular complexity index is 727. The van der Waals surface area contributed by atoms with E-state index >= 15 is 0 Å². The second kappa shape index (κ2) is 5.36. The van der Waals surface area contributed by atoms with E-state index < -0.39 is 0 Å². The molecule has 0 aliphatic carbocycles. The number of anilines is 1. The Morgan fingerprint density at radius 3 is 2.25 bits per heavy atom. The fraction of sp³-hybridized carbons (Fsp3) is 0.333. The summed E-state index contributed by atoms with van der Waals surface area (Å²) >= 11 is 0. The molecule has 20 heavy (non-hydrogen) atoms. The SMILES string of the molecule is Cc1c(NC(C)C)c(=O)n(-c2ccccc2)c(=O)n1C. The predicted molar refractivity (Wildman–Crippen MR) is 80.8 cm³/mol. The van der Waals surface area contributed by atoms with Crippen molar-refractivity contribution in [3.63, 3.8) is 0 Å². The summed E-state index contributed by atoms with van der Waals surface area (Å²) in [6.45, 7) is 5.68. The van der Waals surface area contributed by atoms with Crippen LogP contribution in [-0.2, 0) is 7.05 Å². The second-order valence-corrected chi connectivity index (χ2v) is 5.08. The van der Waals surface area contributed by atoms with Gasteiger partial charge < -0.3 is 5.32 Å². The number of rotatable bonds is 3. The molecule has 1 heterocycles. The summed E-state index contributed by atoms with van der Waals surface area (Å²) in [6.07, 6.45) is 0. The van der Waals surface area contributed by atoms with Gasteiger partial charge in [-0.15, -0.1) is 0 Å². The van der Waals surface area contributed by atoms with Crippen molar-refractivity contribution < 1.29 is 0 Å². The van der Waals surface area contributed by atoms with Gasteiger partial charge in [0, 0.05) is 18.8 Å². The topological polar surface area (TPSA) is 56.0 Å². The summed E-state index contributed by atoms with van der Waals surface area (Å²) in [5.74, 6) is 0. The minimum Gasteiger partial charge on any atom is -0.377 e. The Morgan fingerprint density at radius 2 is 1.70 bits per heavy atom. The van der Waals surface area contributed by atoms with E-state index in [9.17, 15) is 9.59 Å². The van der Waals surface area contributed by atoms with E-state index in [0.717, 1.165) is 0 Å². The largest absolute Gasteiger partial charge is 0.377 e. The maximum Gasteiger partial charge on any atom is 0.335 e. The van der Waals surface area contributed by atoms with E-state index in [2.05, 4.69) is 5.32 Å². The minimum atomic E-state index is -0.340. The van der Waals surface area contributed by atoms with Crippen molar-refractivity contribution in [2.75, 3.05) is 5.32 Å². The van der Waals surface area contributed by atoms with Gasteiger partial charge in [0.25, 0.3) is 5.56 Å². The quantitative estimate of drug-likeness (QED) is 0.925. The summed E-state index contributed by atoms with van der Waals surface area (Å²) in [7, 11) is 1.67. The molecule has 0 saturated carbocycles. The molecule has 0 aliphatic rings. The third kappa shape index (κ3) is 2.39. The summed E-state index contributed by atoms with van der Waals surface area (Å²) in [5.41, 5.74) is 1.02. The van der Waals surface area contributed by atoms with Crippen LogP contribution in [0, 0.1) is 6.92 Å². The van der Waals surface area contributed by atoms with Crippen LogP contribution < -0.4 is 16.6 Å². The summed E-state index contributed by atoms with van der Waals surface area (Å²) in [5, 5.41) is 3.13. The van der Waals surface area contributed by atoms with Gasteiger partial charge in [-0.3, -0.25) is 9.36 Å². The van der Waals surface area contributed by atoms with Gasteiger partial charge in [-0.25, -0.2) is 9.36 Å². The Morgan fingerprint density at radius 1 is 1.10 bits per heavy atom. The lowest BCUT2D eigenvalue weighted by Crippen LogP contribution is -2.41. The van der Waals surface area contributed by atoms with Crippen molar-refractivity contribution in [1.29, 1.82) is 0 Å². The van der Waals surface area contributed by atoms with E-state index in [-0.39, 0.29) is 17.3 Å². The average Bonchev–Trinajstić information content (AvgIpc) is 2.42. The van der Waals surface area contributed by atoms with E-state index in [0.29, 0.717) is 17.1 Å². The molecule has 0 bridgehead atoms. The highest BCUT2D eigenvalue weighted by atomic mass is 16.2. The van der Waals surface area contributed by atoms with Crippen LogP contribution in [0.2, 0.25) is 0 Å². The van der Waals surface area contributed by atoms with Crippen LogP contribution in [0.15, 0.2) is 39.9 Å². The van der Waals surface area contributed by atoms with Crippen LogP contribution in [0.3, 0.4) is 0 Å². The van der Waals surface area contributed by atoms with Crippen molar-refractivity contribution >= 4 is 5.69 Å². The van der Waals surface area contributed by atoms with Crippen molar-refractivity contribution in [3.8, 4) is 5.69 Å². The van der Waals surface area contributed by atoms with E-state index in [1.165, 1.54) is 9.13 Å². The lowest BCUT2D eigenvalue weighted by atomic mass is 10.2. The Balaban J connectivity index is 2.79. The zero-order valence-corrected chi connectivity index (χ0v) is 12.2. The van der Waals surface area contributed by atoms with E-state index in [1.807, 2.05) is 19.9 Å². The monoisotopic (exact) mass is 273 g/mol. The second-order valence-electron chi connectivity index (χ2n) is 5.08. The van der Waals surface area contributed by atoms with Crippen LogP contribution >= 0.6 is 0 Å². The standard InChI is InChI=1S/C15H19N3O2/c1-10(2)16-13-11(3)17(4)15(20)18(14(13)19)12-8-6-5-7-9-12/h5-10,16H,1-4H3. The fourth-order valence-corrected chi connectivity index (χ4v) is 2.07. The zero-order valence-electron chi connectivity index (χ0n) is 12.2. The predicted octanol–water partition coefficient (Wildman–Crippen LogP) is 1.66. The molecule has 1 aromatic carbocycles. The lowest BCUT2D eigenvalue weighted by Gasteiger charge is -2.17. The number of hydrogen-bond donors (Lipinski definition) is 1. The Hall–Kier alpha value is -2.30. The molecule has 5 heteroatoms. The van der Waals surface area contributed by atoms with Gasteiger partial charge in [0.15, 0.2) is 0 Å². The molecule has 1 aromatic heterocycles. The van der Waals surface area contributed by atoms with Gasteiger partial charge in [0.05, 0.1) is 5.69 Å². The van der Waals surface area contributed by atoms with Crippen LogP contribution in [0.25, 0.3) is 5.69 Å². The van der Waals surface area contributed by atoms with Crippen molar-refractivity contribution in [2.45, 2.75) is 26.8 Å². The molecule has 0 fully saturated rings. The summed E-state index contributed by atoms with van der Waals surface area (Å²) in [6, 6.07) is 9.06. The van der Waals surface area contributed by atoms with Crippen molar-refractivity contribution in [1.82, 2.24) is 9.13 Å². The first-order valence-electron chi connectivity index (χ1n) is 6.58. The normalized spacial score (nSPS) is 10.8. The van der Waals surface area contributed by atoms with Gasteiger partial charge in [-0.2, -0.15) is 0 Å². The summed E-state index contributed by atoms with van der Waals surface area (Å²) < 4.78 is 2.68. The van der Waals surface area contributed by atoms with Gasteiger partial charge in [0.1, 0.15) is 5.69 Å². The Labute approximate surface area is 117 Å². The Kier molecular flexibility index (Phi) is 3.79. The molecule has 0 aliphatic heterocycles. The number of aromatic nitrogens is 2. The molecular weight excluding hydrogens is 254 g/mol. The van der Waals surface area contributed by atoms with Crippen molar-refractivity contribution in [2.24, 2.45) is 7.05 Å². The molecule has 2 aromatic rings. The molecule has 2 rings (SSSR count). The maximum absolute atomic E-state index is 12.6. The molecule has 5 nitrogen and oxygen atoms in total. The first-order chi connectivity index (χ1) is 9.43. The van der Waals surface area contributed by atoms with Crippen LogP contribution in [0.1, 0.15) is 19.5 Å². The van der Waals surface area contributed by atoms with Crippen LogP contribution in [0.5, 0.6) is 0 Å². The summed E-state index contributed by atoms with van der Waals surface area (Å²) in [4.78, 5) is 24.9. The molecule has 0 amide bonds. The number of para-hydroxylation sites is 1. The molecule has 0 saturated heterocycles. The molecule has 1 N–H and O–H groups in total. The fourth-order valence-electron chi connectivity index (χ4n) is 2.07. The first-order valence-corrected chi connectivity index (χ1v) is 6.58. The third-order valence-electron chi connectivity index (χ3n) is 3.21. The highest BCUT2D eigenvalue weighted by Gasteiger charge is 2.15. The lowest BCUT2D eigenvalue weighted by molar-refractivity contribution is 0.710. The molecule has 0 unspecified atom stereocenters. The molecular formula is C15H19N3O2. The average molecular weight is 273 g/mol. The van der Waals surface area contributed by atoms with E-state index in [1.54, 1.807) is 38.2 Å². The molecule has 0 spiro atoms. The maximum atomic E-state index is 12.6. The molecule has 106 valence electrons. The van der Waals surface area contributed by atoms with Crippen molar-refractivity contribution in [3.05, 3.63) is 56.9 Å². The number of nitrogens with one attached hydrogen (secondary N) is 1. The van der Waals surface area contributed by atoms with Gasteiger partial charge in [-0.05, 0) is 32.9 Å². The van der Waals surface area contributed by atoms with Gasteiger partial charge in [0.2, 0.25) is 0 Å².